The van der Waals surface area contributed by atoms with Crippen LogP contribution in [0.4, 0.5) is 0 Å². The number of carbonyl (C=O) groups is 2. The lowest BCUT2D eigenvalue weighted by atomic mass is 10.0. The van der Waals surface area contributed by atoms with Crippen molar-refractivity contribution in [2.75, 3.05) is 20.3 Å². The largest absolute Gasteiger partial charge is 0.490 e. The third kappa shape index (κ3) is 5.99. The van der Waals surface area contributed by atoms with Gasteiger partial charge in [0.25, 0.3) is 5.91 Å². The SMILES string of the molecule is CCOc1ccc(C(=O)NC(CC(=O)OC)c2ccc(Br)cc2)cc1OCC. The van der Waals surface area contributed by atoms with Crippen LogP contribution in [0, 0.1) is 0 Å². The summed E-state index contributed by atoms with van der Waals surface area (Å²) in [5.74, 6) is 0.362. The van der Waals surface area contributed by atoms with Gasteiger partial charge >= 0.3 is 5.97 Å². The maximum Gasteiger partial charge on any atom is 0.307 e. The number of esters is 1. The molecule has 0 aliphatic carbocycles. The fourth-order valence-electron chi connectivity index (χ4n) is 2.63. The number of hydrogen-bond acceptors (Lipinski definition) is 5. The third-order valence-corrected chi connectivity index (χ3v) is 4.51. The zero-order valence-electron chi connectivity index (χ0n) is 16.2. The van der Waals surface area contributed by atoms with Gasteiger partial charge in [0.2, 0.25) is 0 Å². The highest BCUT2D eigenvalue weighted by atomic mass is 79.9. The number of ether oxygens (including phenoxy) is 3. The second-order valence-corrected chi connectivity index (χ2v) is 6.80. The van der Waals surface area contributed by atoms with Crippen LogP contribution in [-0.2, 0) is 9.53 Å². The normalized spacial score (nSPS) is 11.4. The van der Waals surface area contributed by atoms with Crippen molar-refractivity contribution < 1.29 is 23.8 Å². The van der Waals surface area contributed by atoms with Crippen LogP contribution < -0.4 is 14.8 Å². The van der Waals surface area contributed by atoms with E-state index in [4.69, 9.17) is 14.2 Å². The van der Waals surface area contributed by atoms with Crippen LogP contribution in [0.2, 0.25) is 0 Å². The molecular formula is C21H24BrNO5. The minimum atomic E-state index is -0.518. The Kier molecular flexibility index (Phi) is 8.32. The average Bonchev–Trinajstić information content (AvgIpc) is 2.69. The number of benzene rings is 2. The summed E-state index contributed by atoms with van der Waals surface area (Å²) in [6, 6.07) is 11.9. The molecule has 0 aromatic heterocycles. The number of nitrogens with one attached hydrogen (secondary N) is 1. The Morgan fingerprint density at radius 1 is 1.00 bits per heavy atom. The number of rotatable bonds is 9. The van der Waals surface area contributed by atoms with E-state index < -0.39 is 12.0 Å². The van der Waals surface area contributed by atoms with E-state index in [1.165, 1.54) is 7.11 Å². The zero-order valence-corrected chi connectivity index (χ0v) is 17.7. The van der Waals surface area contributed by atoms with Crippen LogP contribution in [0.3, 0.4) is 0 Å². The lowest BCUT2D eigenvalue weighted by molar-refractivity contribution is -0.141. The molecule has 0 saturated heterocycles. The highest BCUT2D eigenvalue weighted by Crippen LogP contribution is 2.29. The Morgan fingerprint density at radius 3 is 2.25 bits per heavy atom. The zero-order chi connectivity index (χ0) is 20.5. The minimum Gasteiger partial charge on any atom is -0.490 e. The van der Waals surface area contributed by atoms with Crippen molar-refractivity contribution in [2.24, 2.45) is 0 Å². The summed E-state index contributed by atoms with van der Waals surface area (Å²) >= 11 is 3.38. The molecule has 2 aromatic rings. The molecule has 0 fully saturated rings. The average molecular weight is 450 g/mol. The molecule has 1 N–H and O–H groups in total. The van der Waals surface area contributed by atoms with Crippen LogP contribution in [0.1, 0.15) is 42.2 Å². The summed E-state index contributed by atoms with van der Waals surface area (Å²) < 4.78 is 16.8. The van der Waals surface area contributed by atoms with Crippen molar-refractivity contribution in [3.05, 3.63) is 58.1 Å². The van der Waals surface area contributed by atoms with Crippen LogP contribution in [0.15, 0.2) is 46.9 Å². The molecule has 0 saturated carbocycles. The monoisotopic (exact) mass is 449 g/mol. The molecule has 0 heterocycles. The third-order valence-electron chi connectivity index (χ3n) is 3.98. The summed E-state index contributed by atoms with van der Waals surface area (Å²) in [7, 11) is 1.32. The Hall–Kier alpha value is -2.54. The molecule has 0 spiro atoms. The molecule has 6 nitrogen and oxygen atoms in total. The molecule has 2 rings (SSSR count). The van der Waals surface area contributed by atoms with E-state index in [0.29, 0.717) is 30.3 Å². The first-order chi connectivity index (χ1) is 13.5. The number of carbonyl (C=O) groups excluding carboxylic acids is 2. The van der Waals surface area contributed by atoms with E-state index in [-0.39, 0.29) is 12.3 Å². The quantitative estimate of drug-likeness (QED) is 0.578. The molecule has 0 aliphatic heterocycles. The lowest BCUT2D eigenvalue weighted by Gasteiger charge is -2.19. The van der Waals surface area contributed by atoms with Crippen molar-refractivity contribution in [1.29, 1.82) is 0 Å². The van der Waals surface area contributed by atoms with Crippen molar-refractivity contribution in [1.82, 2.24) is 5.32 Å². The topological polar surface area (TPSA) is 73.9 Å². The van der Waals surface area contributed by atoms with Crippen LogP contribution in [-0.4, -0.2) is 32.2 Å². The second kappa shape index (κ2) is 10.7. The molecule has 1 unspecified atom stereocenters. The van der Waals surface area contributed by atoms with Gasteiger partial charge in [-0.15, -0.1) is 0 Å². The fraction of sp³-hybridized carbons (Fsp3) is 0.333. The lowest BCUT2D eigenvalue weighted by Crippen LogP contribution is -2.30. The van der Waals surface area contributed by atoms with Gasteiger partial charge in [0.15, 0.2) is 11.5 Å². The second-order valence-electron chi connectivity index (χ2n) is 5.89. The van der Waals surface area contributed by atoms with Crippen LogP contribution in [0.25, 0.3) is 0 Å². The number of methoxy groups -OCH3 is 1. The van der Waals surface area contributed by atoms with Gasteiger partial charge in [-0.1, -0.05) is 28.1 Å². The predicted molar refractivity (Wildman–Crippen MR) is 110 cm³/mol. The maximum atomic E-state index is 12.8. The molecule has 7 heteroatoms. The van der Waals surface area contributed by atoms with E-state index in [0.717, 1.165) is 10.0 Å². The Morgan fingerprint density at radius 2 is 1.64 bits per heavy atom. The Bertz CT molecular complexity index is 807. The first-order valence-electron chi connectivity index (χ1n) is 9.01. The van der Waals surface area contributed by atoms with Gasteiger partial charge in [-0.3, -0.25) is 9.59 Å². The summed E-state index contributed by atoms with van der Waals surface area (Å²) in [5.41, 5.74) is 1.22. The van der Waals surface area contributed by atoms with Gasteiger partial charge in [0.05, 0.1) is 32.8 Å². The molecule has 1 amide bonds. The molecular weight excluding hydrogens is 426 g/mol. The first-order valence-corrected chi connectivity index (χ1v) is 9.80. The van der Waals surface area contributed by atoms with Crippen molar-refractivity contribution >= 4 is 27.8 Å². The van der Waals surface area contributed by atoms with Gasteiger partial charge in [-0.2, -0.15) is 0 Å². The summed E-state index contributed by atoms with van der Waals surface area (Å²) in [4.78, 5) is 24.6. The predicted octanol–water partition coefficient (Wildman–Crippen LogP) is 4.28. The van der Waals surface area contributed by atoms with Crippen LogP contribution in [0.5, 0.6) is 11.5 Å². The molecule has 0 radical (unpaired) electrons. The molecule has 150 valence electrons. The Labute approximate surface area is 173 Å². The molecule has 0 aliphatic rings. The summed E-state index contributed by atoms with van der Waals surface area (Å²) in [5, 5.41) is 2.90. The smallest absolute Gasteiger partial charge is 0.307 e. The first kappa shape index (κ1) is 21.8. The highest BCUT2D eigenvalue weighted by molar-refractivity contribution is 9.10. The van der Waals surface area contributed by atoms with E-state index >= 15 is 0 Å². The fourth-order valence-corrected chi connectivity index (χ4v) is 2.90. The van der Waals surface area contributed by atoms with E-state index in [9.17, 15) is 9.59 Å². The van der Waals surface area contributed by atoms with Crippen molar-refractivity contribution in [3.8, 4) is 11.5 Å². The van der Waals surface area contributed by atoms with E-state index in [1.54, 1.807) is 18.2 Å². The van der Waals surface area contributed by atoms with Gasteiger partial charge in [0, 0.05) is 10.0 Å². The van der Waals surface area contributed by atoms with Gasteiger partial charge in [0.1, 0.15) is 0 Å². The van der Waals surface area contributed by atoms with Crippen LogP contribution >= 0.6 is 15.9 Å². The highest BCUT2D eigenvalue weighted by Gasteiger charge is 2.21. The van der Waals surface area contributed by atoms with E-state index in [2.05, 4.69) is 21.2 Å². The molecule has 2 aromatic carbocycles. The van der Waals surface area contributed by atoms with Gasteiger partial charge in [-0.25, -0.2) is 0 Å². The number of halogens is 1. The molecule has 1 atom stereocenters. The van der Waals surface area contributed by atoms with Gasteiger partial charge < -0.3 is 19.5 Å². The van der Waals surface area contributed by atoms with Crippen molar-refractivity contribution in [3.63, 3.8) is 0 Å². The van der Waals surface area contributed by atoms with Crippen molar-refractivity contribution in [2.45, 2.75) is 26.3 Å². The minimum absolute atomic E-state index is 0.0270. The number of amides is 1. The molecule has 28 heavy (non-hydrogen) atoms. The van der Waals surface area contributed by atoms with E-state index in [1.807, 2.05) is 38.1 Å². The molecule has 0 bridgehead atoms. The summed E-state index contributed by atoms with van der Waals surface area (Å²) in [6.45, 7) is 4.69. The maximum absolute atomic E-state index is 12.8. The van der Waals surface area contributed by atoms with Gasteiger partial charge in [-0.05, 0) is 49.7 Å². The Balaban J connectivity index is 2.25. The number of hydrogen-bond donors (Lipinski definition) is 1. The summed E-state index contributed by atoms with van der Waals surface area (Å²) in [6.07, 6.45) is 0.0270. The standard InChI is InChI=1S/C21H24BrNO5/c1-4-27-18-11-8-15(12-19(18)28-5-2)21(25)23-17(13-20(24)26-3)14-6-9-16(22)10-7-14/h6-12,17H,4-5,13H2,1-3H3,(H,23,25).